The zero-order valence-corrected chi connectivity index (χ0v) is 14.0. The van der Waals surface area contributed by atoms with Gasteiger partial charge in [0.2, 0.25) is 5.69 Å². The average Bonchev–Trinajstić information content (AvgIpc) is 3.01. The van der Waals surface area contributed by atoms with E-state index in [0.717, 1.165) is 10.5 Å². The first-order valence-electron chi connectivity index (χ1n) is 7.64. The zero-order valence-electron chi connectivity index (χ0n) is 13.2. The van der Waals surface area contributed by atoms with Crippen LogP contribution in [0.5, 0.6) is 0 Å². The number of nitrogens with zero attached hydrogens (tertiary/aromatic N) is 2. The Balaban J connectivity index is 2.00. The number of hydrogen-bond acceptors (Lipinski definition) is 2. The molecule has 112 valence electrons. The highest BCUT2D eigenvalue weighted by atomic mass is 32.1. The highest BCUT2D eigenvalue weighted by Gasteiger charge is 2.20. The number of rotatable bonds is 2. The van der Waals surface area contributed by atoms with Crippen LogP contribution < -0.4 is 4.57 Å². The van der Waals surface area contributed by atoms with Gasteiger partial charge < -0.3 is 0 Å². The van der Waals surface area contributed by atoms with Crippen molar-refractivity contribution in [2.75, 3.05) is 0 Å². The van der Waals surface area contributed by atoms with Crippen molar-refractivity contribution in [1.29, 1.82) is 0 Å². The van der Waals surface area contributed by atoms with Crippen molar-refractivity contribution in [3.05, 3.63) is 72.4 Å². The Morgan fingerprint density at radius 2 is 1.65 bits per heavy atom. The van der Waals surface area contributed by atoms with Gasteiger partial charge in [-0.15, -0.1) is 11.3 Å². The van der Waals surface area contributed by atoms with Gasteiger partial charge in [0, 0.05) is 11.6 Å². The molecule has 0 aliphatic carbocycles. The maximum absolute atomic E-state index is 4.96. The second kappa shape index (κ2) is 5.60. The number of aromatic nitrogens is 2. The molecule has 0 aliphatic rings. The molecule has 0 amide bonds. The third-order valence-corrected chi connectivity index (χ3v) is 5.17. The topological polar surface area (TPSA) is 16.8 Å². The normalized spacial score (nSPS) is 11.0. The van der Waals surface area contributed by atoms with Crippen LogP contribution in [-0.4, -0.2) is 4.98 Å². The number of fused-ring (bicyclic) bond motifs is 1. The third-order valence-electron chi connectivity index (χ3n) is 4.10. The average molecular weight is 317 g/mol. The second-order valence-corrected chi connectivity index (χ2v) is 6.72. The van der Waals surface area contributed by atoms with Gasteiger partial charge in [-0.2, -0.15) is 4.57 Å². The van der Waals surface area contributed by atoms with Gasteiger partial charge in [0.1, 0.15) is 12.1 Å². The minimum Gasteiger partial charge on any atom is -0.229 e. The summed E-state index contributed by atoms with van der Waals surface area (Å²) in [5.41, 5.74) is 5.94. The lowest BCUT2D eigenvalue weighted by atomic mass is 10.0. The summed E-state index contributed by atoms with van der Waals surface area (Å²) in [6.07, 6.45) is 2.12. The van der Waals surface area contributed by atoms with E-state index in [2.05, 4.69) is 79.3 Å². The lowest BCUT2D eigenvalue weighted by molar-refractivity contribution is -0.659. The molecule has 0 unspecified atom stereocenters. The minimum atomic E-state index is 1.07. The van der Waals surface area contributed by atoms with E-state index in [-0.39, 0.29) is 0 Å². The Hall–Kier alpha value is -2.52. The summed E-state index contributed by atoms with van der Waals surface area (Å²) in [4.78, 5) is 4.96. The molecule has 0 radical (unpaired) electrons. The quantitative estimate of drug-likeness (QED) is 0.487. The van der Waals surface area contributed by atoms with Crippen LogP contribution in [0.4, 0.5) is 0 Å². The van der Waals surface area contributed by atoms with E-state index in [1.165, 1.54) is 27.1 Å². The van der Waals surface area contributed by atoms with E-state index in [1.54, 1.807) is 11.3 Å². The smallest absolute Gasteiger partial charge is 0.229 e. The van der Waals surface area contributed by atoms with E-state index in [0.29, 0.717) is 0 Å². The highest BCUT2D eigenvalue weighted by Crippen LogP contribution is 2.34. The maximum atomic E-state index is 4.96. The lowest BCUT2D eigenvalue weighted by Crippen LogP contribution is -2.30. The molecule has 0 N–H and O–H groups in total. The van der Waals surface area contributed by atoms with Gasteiger partial charge in [0.25, 0.3) is 0 Å². The Kier molecular flexibility index (Phi) is 3.43. The number of thiazole rings is 1. The van der Waals surface area contributed by atoms with Crippen LogP contribution in [0, 0.1) is 6.92 Å². The Morgan fingerprint density at radius 3 is 2.43 bits per heavy atom. The van der Waals surface area contributed by atoms with E-state index >= 15 is 0 Å². The van der Waals surface area contributed by atoms with E-state index in [9.17, 15) is 0 Å². The Labute approximate surface area is 139 Å². The first kappa shape index (κ1) is 14.1. The van der Waals surface area contributed by atoms with Crippen molar-refractivity contribution >= 4 is 21.6 Å². The van der Waals surface area contributed by atoms with Gasteiger partial charge in [0.05, 0.1) is 10.3 Å². The zero-order chi connectivity index (χ0) is 15.8. The molecule has 3 heteroatoms. The first-order chi connectivity index (χ1) is 11.2. The van der Waals surface area contributed by atoms with Crippen molar-refractivity contribution < 1.29 is 4.57 Å². The molecule has 2 aromatic heterocycles. The fourth-order valence-corrected chi connectivity index (χ4v) is 3.86. The largest absolute Gasteiger partial charge is 0.239 e. The third kappa shape index (κ3) is 2.43. The van der Waals surface area contributed by atoms with E-state index in [1.807, 2.05) is 6.07 Å². The van der Waals surface area contributed by atoms with Crippen LogP contribution in [0.2, 0.25) is 0 Å². The summed E-state index contributed by atoms with van der Waals surface area (Å²) < 4.78 is 3.39. The van der Waals surface area contributed by atoms with Gasteiger partial charge in [0.15, 0.2) is 11.7 Å². The molecule has 2 nitrogen and oxygen atoms in total. The van der Waals surface area contributed by atoms with Crippen molar-refractivity contribution in [3.63, 3.8) is 0 Å². The monoisotopic (exact) mass is 317 g/mol. The van der Waals surface area contributed by atoms with Crippen LogP contribution >= 0.6 is 11.3 Å². The van der Waals surface area contributed by atoms with Crippen molar-refractivity contribution in [1.82, 2.24) is 4.98 Å². The number of benzene rings is 2. The van der Waals surface area contributed by atoms with Gasteiger partial charge in [-0.3, -0.25) is 0 Å². The van der Waals surface area contributed by atoms with Crippen LogP contribution in [-0.2, 0) is 7.05 Å². The lowest BCUT2D eigenvalue weighted by Gasteiger charge is -2.04. The Bertz CT molecular complexity index is 987. The summed E-state index contributed by atoms with van der Waals surface area (Å²) >= 11 is 1.75. The van der Waals surface area contributed by atoms with Crippen molar-refractivity contribution in [2.24, 2.45) is 7.05 Å². The molecule has 0 bridgehead atoms. The standard InChI is InChI=1S/C20H17N2S/c1-14-8-6-7-11-16(14)19-18-17(12-13-22(19)2)23-20(21-18)15-9-4-3-5-10-15/h3-13H,1-2H3/q+1. The SMILES string of the molecule is Cc1ccccc1-c1c2nc(-c3ccccc3)sc2cc[n+]1C. The Morgan fingerprint density at radius 1 is 0.913 bits per heavy atom. The maximum Gasteiger partial charge on any atom is 0.239 e. The molecule has 23 heavy (non-hydrogen) atoms. The number of hydrogen-bond donors (Lipinski definition) is 0. The molecule has 0 saturated heterocycles. The summed E-state index contributed by atoms with van der Waals surface area (Å²) in [5.74, 6) is 0. The fourth-order valence-electron chi connectivity index (χ4n) is 2.90. The molecule has 0 atom stereocenters. The van der Waals surface area contributed by atoms with Gasteiger partial charge in [-0.25, -0.2) is 4.98 Å². The van der Waals surface area contributed by atoms with Crippen molar-refractivity contribution in [3.8, 4) is 21.8 Å². The summed E-state index contributed by atoms with van der Waals surface area (Å²) in [7, 11) is 2.09. The molecular weight excluding hydrogens is 300 g/mol. The molecule has 4 aromatic rings. The summed E-state index contributed by atoms with van der Waals surface area (Å²) in [6.45, 7) is 2.15. The van der Waals surface area contributed by atoms with Crippen LogP contribution in [0.15, 0.2) is 66.9 Å². The molecule has 0 saturated carbocycles. The molecule has 4 rings (SSSR count). The summed E-state index contributed by atoms with van der Waals surface area (Å²) in [6, 6.07) is 21.0. The van der Waals surface area contributed by atoms with Crippen LogP contribution in [0.3, 0.4) is 0 Å². The van der Waals surface area contributed by atoms with Crippen LogP contribution in [0.25, 0.3) is 32.0 Å². The minimum absolute atomic E-state index is 1.07. The molecular formula is C20H17N2S+. The fraction of sp³-hybridized carbons (Fsp3) is 0.100. The second-order valence-electron chi connectivity index (χ2n) is 5.69. The van der Waals surface area contributed by atoms with E-state index in [4.69, 9.17) is 4.98 Å². The predicted molar refractivity (Wildman–Crippen MR) is 96.4 cm³/mol. The van der Waals surface area contributed by atoms with Crippen LogP contribution in [0.1, 0.15) is 5.56 Å². The van der Waals surface area contributed by atoms with Gasteiger partial charge in [-0.05, 0) is 18.6 Å². The van der Waals surface area contributed by atoms with E-state index < -0.39 is 0 Å². The molecule has 0 aliphatic heterocycles. The van der Waals surface area contributed by atoms with Crippen molar-refractivity contribution in [2.45, 2.75) is 6.92 Å². The highest BCUT2D eigenvalue weighted by molar-refractivity contribution is 7.21. The molecule has 2 aromatic carbocycles. The number of pyridine rings is 1. The predicted octanol–water partition coefficient (Wildman–Crippen LogP) is 4.76. The molecule has 0 spiro atoms. The first-order valence-corrected chi connectivity index (χ1v) is 8.46. The van der Waals surface area contributed by atoms with Gasteiger partial charge in [-0.1, -0.05) is 48.5 Å². The van der Waals surface area contributed by atoms with Gasteiger partial charge >= 0.3 is 0 Å². The summed E-state index contributed by atoms with van der Waals surface area (Å²) in [5, 5.41) is 1.07. The molecule has 2 heterocycles. The number of aryl methyl sites for hydroxylation is 2. The molecule has 0 fully saturated rings.